The summed E-state index contributed by atoms with van der Waals surface area (Å²) in [6, 6.07) is 20.6. The first kappa shape index (κ1) is 17.5. The van der Waals surface area contributed by atoms with Gasteiger partial charge in [-0.2, -0.15) is 0 Å². The Morgan fingerprint density at radius 3 is 2.32 bits per heavy atom. The number of anilines is 1. The summed E-state index contributed by atoms with van der Waals surface area (Å²) in [4.78, 5) is 31.1. The van der Waals surface area contributed by atoms with Crippen molar-refractivity contribution in [1.29, 1.82) is 0 Å². The second kappa shape index (κ2) is 7.40. The molecule has 0 aliphatic rings. The van der Waals surface area contributed by atoms with Crippen molar-refractivity contribution in [2.45, 2.75) is 13.1 Å². The molecule has 28 heavy (non-hydrogen) atoms. The van der Waals surface area contributed by atoms with Crippen LogP contribution < -0.4 is 11.0 Å². The Hall–Kier alpha value is -3.87. The third-order valence-corrected chi connectivity index (χ3v) is 4.47. The van der Waals surface area contributed by atoms with Crippen LogP contribution >= 0.6 is 0 Å². The SMILES string of the molecule is O=C(O)c1cc2c([nH]c(=O)n2Cc2ccccc2)c(NCc2ccccc2)n1. The zero-order valence-corrected chi connectivity index (χ0v) is 14.9. The van der Waals surface area contributed by atoms with Crippen LogP contribution in [0.3, 0.4) is 0 Å². The van der Waals surface area contributed by atoms with E-state index in [0.29, 0.717) is 29.9 Å². The topological polar surface area (TPSA) is 100 Å². The molecule has 0 amide bonds. The number of aromatic nitrogens is 3. The predicted molar refractivity (Wildman–Crippen MR) is 107 cm³/mol. The summed E-state index contributed by atoms with van der Waals surface area (Å²) in [6.07, 6.45) is 0. The molecule has 0 aliphatic carbocycles. The van der Waals surface area contributed by atoms with Gasteiger partial charge in [-0.25, -0.2) is 14.6 Å². The zero-order chi connectivity index (χ0) is 19.5. The van der Waals surface area contributed by atoms with Crippen LogP contribution in [0.4, 0.5) is 5.82 Å². The van der Waals surface area contributed by atoms with E-state index in [1.807, 2.05) is 60.7 Å². The van der Waals surface area contributed by atoms with E-state index in [4.69, 9.17) is 0 Å². The molecule has 140 valence electrons. The maximum atomic E-state index is 12.6. The normalized spacial score (nSPS) is 10.9. The molecule has 4 aromatic rings. The van der Waals surface area contributed by atoms with Crippen molar-refractivity contribution in [3.63, 3.8) is 0 Å². The number of imidazole rings is 1. The number of aromatic amines is 1. The van der Waals surface area contributed by atoms with E-state index in [1.165, 1.54) is 10.6 Å². The van der Waals surface area contributed by atoms with Crippen molar-refractivity contribution in [3.05, 3.63) is 94.0 Å². The highest BCUT2D eigenvalue weighted by atomic mass is 16.4. The average molecular weight is 374 g/mol. The number of carboxylic acid groups (broad SMARTS) is 1. The molecule has 2 aromatic carbocycles. The van der Waals surface area contributed by atoms with E-state index in [9.17, 15) is 14.7 Å². The number of rotatable bonds is 6. The van der Waals surface area contributed by atoms with Gasteiger partial charge in [0.2, 0.25) is 0 Å². The first-order chi connectivity index (χ1) is 13.6. The maximum Gasteiger partial charge on any atom is 0.354 e. The number of nitrogens with one attached hydrogen (secondary N) is 2. The predicted octanol–water partition coefficient (Wildman–Crippen LogP) is 3.08. The van der Waals surface area contributed by atoms with Gasteiger partial charge in [-0.3, -0.25) is 4.57 Å². The summed E-state index contributed by atoms with van der Waals surface area (Å²) in [6.45, 7) is 0.790. The molecule has 0 spiro atoms. The van der Waals surface area contributed by atoms with Gasteiger partial charge in [0.15, 0.2) is 11.5 Å². The highest BCUT2D eigenvalue weighted by Crippen LogP contribution is 2.21. The fraction of sp³-hybridized carbons (Fsp3) is 0.0952. The molecular formula is C21H18N4O3. The van der Waals surface area contributed by atoms with Crippen LogP contribution in [0, 0.1) is 0 Å². The molecule has 0 aliphatic heterocycles. The van der Waals surface area contributed by atoms with Crippen molar-refractivity contribution in [2.75, 3.05) is 5.32 Å². The Labute approximate surface area is 160 Å². The molecule has 0 bridgehead atoms. The number of aromatic carboxylic acids is 1. The fourth-order valence-corrected chi connectivity index (χ4v) is 3.09. The van der Waals surface area contributed by atoms with Gasteiger partial charge >= 0.3 is 11.7 Å². The second-order valence-corrected chi connectivity index (χ2v) is 6.40. The van der Waals surface area contributed by atoms with Crippen molar-refractivity contribution < 1.29 is 9.90 Å². The van der Waals surface area contributed by atoms with E-state index in [1.54, 1.807) is 0 Å². The molecule has 2 aromatic heterocycles. The minimum absolute atomic E-state index is 0.121. The number of H-pyrrole nitrogens is 1. The van der Waals surface area contributed by atoms with Crippen molar-refractivity contribution in [3.8, 4) is 0 Å². The Bertz CT molecular complexity index is 1180. The number of nitrogens with zero attached hydrogens (tertiary/aromatic N) is 2. The lowest BCUT2D eigenvalue weighted by Crippen LogP contribution is -2.17. The van der Waals surface area contributed by atoms with Gasteiger partial charge in [0.25, 0.3) is 0 Å². The molecule has 0 atom stereocenters. The Kier molecular flexibility index (Phi) is 4.63. The lowest BCUT2D eigenvalue weighted by atomic mass is 10.2. The van der Waals surface area contributed by atoms with Crippen LogP contribution in [-0.4, -0.2) is 25.6 Å². The van der Waals surface area contributed by atoms with E-state index < -0.39 is 5.97 Å². The molecular weight excluding hydrogens is 356 g/mol. The van der Waals surface area contributed by atoms with E-state index in [-0.39, 0.29) is 11.4 Å². The van der Waals surface area contributed by atoms with Gasteiger partial charge in [-0.05, 0) is 17.2 Å². The fourth-order valence-electron chi connectivity index (χ4n) is 3.09. The summed E-state index contributed by atoms with van der Waals surface area (Å²) in [7, 11) is 0. The summed E-state index contributed by atoms with van der Waals surface area (Å²) in [5.41, 5.74) is 2.51. The first-order valence-electron chi connectivity index (χ1n) is 8.80. The van der Waals surface area contributed by atoms with E-state index in [2.05, 4.69) is 15.3 Å². The molecule has 7 nitrogen and oxygen atoms in total. The van der Waals surface area contributed by atoms with Crippen LogP contribution in [0.5, 0.6) is 0 Å². The third kappa shape index (κ3) is 3.50. The molecule has 7 heteroatoms. The number of fused-ring (bicyclic) bond motifs is 1. The molecule has 4 rings (SSSR count). The molecule has 0 unspecified atom stereocenters. The third-order valence-electron chi connectivity index (χ3n) is 4.47. The summed E-state index contributed by atoms with van der Waals surface area (Å²) in [5.74, 6) is -0.813. The number of pyridine rings is 1. The van der Waals surface area contributed by atoms with Crippen molar-refractivity contribution in [2.24, 2.45) is 0 Å². The Balaban J connectivity index is 1.77. The van der Waals surface area contributed by atoms with Crippen LogP contribution in [0.25, 0.3) is 11.0 Å². The van der Waals surface area contributed by atoms with Crippen LogP contribution in [0.2, 0.25) is 0 Å². The lowest BCUT2D eigenvalue weighted by Gasteiger charge is -2.09. The van der Waals surface area contributed by atoms with Gasteiger partial charge in [0.05, 0.1) is 12.1 Å². The highest BCUT2D eigenvalue weighted by Gasteiger charge is 2.17. The average Bonchev–Trinajstić information content (AvgIpc) is 3.03. The number of hydrogen-bond acceptors (Lipinski definition) is 4. The number of hydrogen-bond donors (Lipinski definition) is 3. The lowest BCUT2D eigenvalue weighted by molar-refractivity contribution is 0.0691. The maximum absolute atomic E-state index is 12.6. The van der Waals surface area contributed by atoms with Crippen LogP contribution in [-0.2, 0) is 13.1 Å². The van der Waals surface area contributed by atoms with Crippen molar-refractivity contribution in [1.82, 2.24) is 14.5 Å². The standard InChI is InChI=1S/C21H18N4O3/c26-20(27)16-11-17-18(19(23-16)22-12-14-7-3-1-4-8-14)24-21(28)25(17)13-15-9-5-2-6-10-15/h1-11H,12-13H2,(H,22,23)(H,24,28)(H,26,27). The number of benzene rings is 2. The second-order valence-electron chi connectivity index (χ2n) is 6.40. The van der Waals surface area contributed by atoms with Crippen molar-refractivity contribution >= 4 is 22.8 Å². The minimum atomic E-state index is -1.15. The van der Waals surface area contributed by atoms with Gasteiger partial charge in [-0.15, -0.1) is 0 Å². The quantitative estimate of drug-likeness (QED) is 0.482. The van der Waals surface area contributed by atoms with E-state index in [0.717, 1.165) is 11.1 Å². The van der Waals surface area contributed by atoms with Gasteiger partial charge in [0.1, 0.15) is 5.52 Å². The monoisotopic (exact) mass is 374 g/mol. The van der Waals surface area contributed by atoms with Gasteiger partial charge < -0.3 is 15.4 Å². The first-order valence-corrected chi connectivity index (χ1v) is 8.80. The zero-order valence-electron chi connectivity index (χ0n) is 14.9. The van der Waals surface area contributed by atoms with Gasteiger partial charge in [0, 0.05) is 6.54 Å². The van der Waals surface area contributed by atoms with E-state index >= 15 is 0 Å². The molecule has 0 fully saturated rings. The number of carbonyl (C=O) groups is 1. The molecule has 3 N–H and O–H groups in total. The molecule has 0 saturated heterocycles. The largest absolute Gasteiger partial charge is 0.477 e. The highest BCUT2D eigenvalue weighted by molar-refractivity contribution is 5.94. The molecule has 0 radical (unpaired) electrons. The van der Waals surface area contributed by atoms with Gasteiger partial charge in [-0.1, -0.05) is 60.7 Å². The molecule has 2 heterocycles. The summed E-state index contributed by atoms with van der Waals surface area (Å²) in [5, 5.41) is 12.6. The molecule has 0 saturated carbocycles. The summed E-state index contributed by atoms with van der Waals surface area (Å²) < 4.78 is 1.52. The Morgan fingerprint density at radius 1 is 1.04 bits per heavy atom. The Morgan fingerprint density at radius 2 is 1.68 bits per heavy atom. The smallest absolute Gasteiger partial charge is 0.354 e. The number of carboxylic acids is 1. The summed E-state index contributed by atoms with van der Waals surface area (Å²) >= 11 is 0. The minimum Gasteiger partial charge on any atom is -0.477 e. The van der Waals surface area contributed by atoms with Crippen LogP contribution in [0.1, 0.15) is 21.6 Å². The van der Waals surface area contributed by atoms with Crippen LogP contribution in [0.15, 0.2) is 71.5 Å².